The first-order valence-electron chi connectivity index (χ1n) is 7.50. The van der Waals surface area contributed by atoms with Crippen LogP contribution in [-0.2, 0) is 6.42 Å². The Bertz CT molecular complexity index is 638. The van der Waals surface area contributed by atoms with Gasteiger partial charge in [-0.25, -0.2) is 9.97 Å². The first kappa shape index (κ1) is 15.9. The van der Waals surface area contributed by atoms with Gasteiger partial charge in [-0.2, -0.15) is 0 Å². The molecule has 0 atom stereocenters. The molecule has 0 fully saturated rings. The van der Waals surface area contributed by atoms with Gasteiger partial charge in [-0.1, -0.05) is 18.2 Å². The van der Waals surface area contributed by atoms with Gasteiger partial charge in [-0.15, -0.1) is 0 Å². The van der Waals surface area contributed by atoms with Crippen LogP contribution in [0, 0.1) is 13.8 Å². The first-order chi connectivity index (χ1) is 10.6. The molecule has 0 spiro atoms. The predicted molar refractivity (Wildman–Crippen MR) is 88.1 cm³/mol. The Morgan fingerprint density at radius 2 is 1.86 bits per heavy atom. The molecule has 0 unspecified atom stereocenters. The molecule has 1 aromatic heterocycles. The van der Waals surface area contributed by atoms with Crippen molar-refractivity contribution < 1.29 is 4.79 Å². The van der Waals surface area contributed by atoms with E-state index in [4.69, 9.17) is 0 Å². The van der Waals surface area contributed by atoms with E-state index in [1.807, 2.05) is 6.92 Å². The molecule has 2 aromatic rings. The zero-order valence-corrected chi connectivity index (χ0v) is 13.3. The van der Waals surface area contributed by atoms with Crippen LogP contribution in [0.5, 0.6) is 0 Å². The average molecular weight is 298 g/mol. The minimum atomic E-state index is -0.146. The topological polar surface area (TPSA) is 66.9 Å². The van der Waals surface area contributed by atoms with Crippen molar-refractivity contribution in [2.45, 2.75) is 27.2 Å². The lowest BCUT2D eigenvalue weighted by Crippen LogP contribution is -2.26. The normalized spacial score (nSPS) is 10.3. The van der Waals surface area contributed by atoms with E-state index in [1.165, 1.54) is 29.1 Å². The lowest BCUT2D eigenvalue weighted by molar-refractivity contribution is 0.0953. The summed E-state index contributed by atoms with van der Waals surface area (Å²) >= 11 is 0. The van der Waals surface area contributed by atoms with E-state index in [1.54, 1.807) is 0 Å². The average Bonchev–Trinajstić information content (AvgIpc) is 2.52. The van der Waals surface area contributed by atoms with Crippen molar-refractivity contribution in [2.24, 2.45) is 0 Å². The zero-order chi connectivity index (χ0) is 15.9. The fourth-order valence-electron chi connectivity index (χ4n) is 2.08. The van der Waals surface area contributed by atoms with Gasteiger partial charge >= 0.3 is 0 Å². The van der Waals surface area contributed by atoms with Crippen molar-refractivity contribution in [3.8, 4) is 0 Å². The molecule has 1 heterocycles. The van der Waals surface area contributed by atoms with Crippen LogP contribution < -0.4 is 10.6 Å². The summed E-state index contributed by atoms with van der Waals surface area (Å²) in [6, 6.07) is 6.37. The lowest BCUT2D eigenvalue weighted by Gasteiger charge is -2.07. The molecule has 0 bridgehead atoms. The molecule has 116 valence electrons. The second kappa shape index (κ2) is 7.54. The third-order valence-electron chi connectivity index (χ3n) is 3.52. The maximum atomic E-state index is 12.0. The number of carbonyl (C=O) groups excluding carboxylic acids is 1. The molecule has 1 aromatic carbocycles. The highest BCUT2D eigenvalue weighted by atomic mass is 16.1. The fourth-order valence-corrected chi connectivity index (χ4v) is 2.08. The van der Waals surface area contributed by atoms with Crippen molar-refractivity contribution in [1.82, 2.24) is 15.3 Å². The molecule has 2 rings (SSSR count). The summed E-state index contributed by atoms with van der Waals surface area (Å²) < 4.78 is 0. The minimum Gasteiger partial charge on any atom is -0.355 e. The number of amides is 1. The van der Waals surface area contributed by atoms with Gasteiger partial charge in [0.25, 0.3) is 5.91 Å². The maximum absolute atomic E-state index is 12.0. The van der Waals surface area contributed by atoms with E-state index in [-0.39, 0.29) is 5.91 Å². The number of nitrogens with zero attached hydrogens (tertiary/aromatic N) is 2. The quantitative estimate of drug-likeness (QED) is 0.860. The van der Waals surface area contributed by atoms with Gasteiger partial charge in [-0.05, 0) is 43.9 Å². The monoisotopic (exact) mass is 298 g/mol. The summed E-state index contributed by atoms with van der Waals surface area (Å²) in [6.45, 7) is 7.51. The molecule has 0 aliphatic heterocycles. The van der Waals surface area contributed by atoms with E-state index in [0.29, 0.717) is 18.1 Å². The van der Waals surface area contributed by atoms with Gasteiger partial charge in [0.1, 0.15) is 0 Å². The second-order valence-electron chi connectivity index (χ2n) is 5.25. The van der Waals surface area contributed by atoms with Gasteiger partial charge in [-0.3, -0.25) is 4.79 Å². The molecule has 2 N–H and O–H groups in total. The van der Waals surface area contributed by atoms with Crippen LogP contribution in [-0.4, -0.2) is 29.0 Å². The maximum Gasteiger partial charge on any atom is 0.254 e. The zero-order valence-electron chi connectivity index (χ0n) is 13.3. The SMILES string of the molecule is CCNc1ncc(C(=O)NCCc2ccc(C)c(C)c2)cn1. The highest BCUT2D eigenvalue weighted by Gasteiger charge is 2.06. The molecular weight excluding hydrogens is 276 g/mol. The molecule has 0 saturated carbocycles. The molecule has 1 amide bonds. The Hall–Kier alpha value is -2.43. The fraction of sp³-hybridized carbons (Fsp3) is 0.353. The number of hydrogen-bond acceptors (Lipinski definition) is 4. The van der Waals surface area contributed by atoms with E-state index in [0.717, 1.165) is 13.0 Å². The molecule has 0 saturated heterocycles. The van der Waals surface area contributed by atoms with E-state index >= 15 is 0 Å². The summed E-state index contributed by atoms with van der Waals surface area (Å²) in [6.07, 6.45) is 3.88. The number of benzene rings is 1. The third-order valence-corrected chi connectivity index (χ3v) is 3.52. The highest BCUT2D eigenvalue weighted by molar-refractivity contribution is 5.93. The summed E-state index contributed by atoms with van der Waals surface area (Å²) in [5, 5.41) is 5.89. The molecule has 5 nitrogen and oxygen atoms in total. The van der Waals surface area contributed by atoms with E-state index in [2.05, 4.69) is 52.6 Å². The molecular formula is C17H22N4O. The highest BCUT2D eigenvalue weighted by Crippen LogP contribution is 2.10. The molecule has 5 heteroatoms. The Labute approximate surface area is 131 Å². The number of carbonyl (C=O) groups is 1. The van der Waals surface area contributed by atoms with Crippen LogP contribution in [0.2, 0.25) is 0 Å². The largest absolute Gasteiger partial charge is 0.355 e. The van der Waals surface area contributed by atoms with Crippen LogP contribution in [0.3, 0.4) is 0 Å². The van der Waals surface area contributed by atoms with Gasteiger partial charge < -0.3 is 10.6 Å². The van der Waals surface area contributed by atoms with Gasteiger partial charge in [0.2, 0.25) is 5.95 Å². The van der Waals surface area contributed by atoms with Crippen molar-refractivity contribution >= 4 is 11.9 Å². The van der Waals surface area contributed by atoms with Crippen molar-refractivity contribution in [3.63, 3.8) is 0 Å². The van der Waals surface area contributed by atoms with Crippen LogP contribution >= 0.6 is 0 Å². The standard InChI is InChI=1S/C17H22N4O/c1-4-18-17-20-10-15(11-21-17)16(22)19-8-7-14-6-5-12(2)13(3)9-14/h5-6,9-11H,4,7-8H2,1-3H3,(H,19,22)(H,18,20,21). The van der Waals surface area contributed by atoms with Crippen LogP contribution in [0.4, 0.5) is 5.95 Å². The Morgan fingerprint density at radius 3 is 2.50 bits per heavy atom. The number of hydrogen-bond donors (Lipinski definition) is 2. The van der Waals surface area contributed by atoms with Crippen LogP contribution in [0.15, 0.2) is 30.6 Å². The molecule has 22 heavy (non-hydrogen) atoms. The van der Waals surface area contributed by atoms with Crippen molar-refractivity contribution in [3.05, 3.63) is 52.8 Å². The van der Waals surface area contributed by atoms with Crippen LogP contribution in [0.25, 0.3) is 0 Å². The van der Waals surface area contributed by atoms with E-state index in [9.17, 15) is 4.79 Å². The summed E-state index contributed by atoms with van der Waals surface area (Å²) in [5.74, 6) is 0.390. The third kappa shape index (κ3) is 4.28. The second-order valence-corrected chi connectivity index (χ2v) is 5.25. The molecule has 0 radical (unpaired) electrons. The smallest absolute Gasteiger partial charge is 0.254 e. The summed E-state index contributed by atoms with van der Waals surface area (Å²) in [5.41, 5.74) is 4.26. The molecule has 0 aliphatic rings. The van der Waals surface area contributed by atoms with Gasteiger partial charge in [0.05, 0.1) is 5.56 Å². The first-order valence-corrected chi connectivity index (χ1v) is 7.50. The van der Waals surface area contributed by atoms with Gasteiger partial charge in [0, 0.05) is 25.5 Å². The lowest BCUT2D eigenvalue weighted by atomic mass is 10.0. The number of aryl methyl sites for hydroxylation is 2. The number of anilines is 1. The Kier molecular flexibility index (Phi) is 5.47. The van der Waals surface area contributed by atoms with Gasteiger partial charge in [0.15, 0.2) is 0 Å². The van der Waals surface area contributed by atoms with Crippen molar-refractivity contribution in [1.29, 1.82) is 0 Å². The number of nitrogens with one attached hydrogen (secondary N) is 2. The van der Waals surface area contributed by atoms with Crippen LogP contribution in [0.1, 0.15) is 34.0 Å². The summed E-state index contributed by atoms with van der Waals surface area (Å²) in [7, 11) is 0. The minimum absolute atomic E-state index is 0.146. The molecule has 0 aliphatic carbocycles. The number of rotatable bonds is 6. The predicted octanol–water partition coefficient (Wildman–Crippen LogP) is 2.50. The Balaban J connectivity index is 1.85. The summed E-state index contributed by atoms with van der Waals surface area (Å²) in [4.78, 5) is 20.2. The van der Waals surface area contributed by atoms with E-state index < -0.39 is 0 Å². The number of aromatic nitrogens is 2. The van der Waals surface area contributed by atoms with Crippen molar-refractivity contribution in [2.75, 3.05) is 18.4 Å². The Morgan fingerprint density at radius 1 is 1.14 bits per heavy atom.